The first-order valence-electron chi connectivity index (χ1n) is 8.45. The first-order valence-corrected chi connectivity index (χ1v) is 9.20. The zero-order valence-corrected chi connectivity index (χ0v) is 16.8. The molecule has 0 aliphatic heterocycles. The van der Waals surface area contributed by atoms with Crippen molar-refractivity contribution in [2.75, 3.05) is 5.32 Å². The molecule has 0 spiro atoms. The monoisotopic (exact) mass is 399 g/mol. The second-order valence-corrected chi connectivity index (χ2v) is 7.33. The van der Waals surface area contributed by atoms with Crippen LogP contribution in [0, 0.1) is 20.8 Å². The molecular formula is C22H19Cl2NO2. The Hall–Kier alpha value is -2.49. The highest BCUT2D eigenvalue weighted by molar-refractivity contribution is 6.35. The smallest absolute Gasteiger partial charge is 0.248 e. The van der Waals surface area contributed by atoms with E-state index < -0.39 is 0 Å². The zero-order valence-electron chi connectivity index (χ0n) is 15.3. The molecule has 27 heavy (non-hydrogen) atoms. The van der Waals surface area contributed by atoms with Crippen LogP contribution in [-0.2, 0) is 4.79 Å². The average molecular weight is 400 g/mol. The Bertz CT molecular complexity index is 991. The maximum atomic E-state index is 12.3. The largest absolute Gasteiger partial charge is 0.457 e. The highest BCUT2D eigenvalue weighted by Gasteiger charge is 2.08. The summed E-state index contributed by atoms with van der Waals surface area (Å²) in [7, 11) is 0. The second-order valence-electron chi connectivity index (χ2n) is 6.46. The van der Waals surface area contributed by atoms with E-state index in [0.29, 0.717) is 21.6 Å². The lowest BCUT2D eigenvalue weighted by Gasteiger charge is -2.11. The third kappa shape index (κ3) is 4.82. The number of anilines is 1. The van der Waals surface area contributed by atoms with Crippen LogP contribution in [0.3, 0.4) is 0 Å². The van der Waals surface area contributed by atoms with Gasteiger partial charge in [-0.3, -0.25) is 4.79 Å². The standard InChI is InChI=1S/C22H19Cl2NO2/c1-13-8-14(2)22(15(3)9-13)25-21(26)7-5-19-4-6-20(27-19)16-10-17(23)12-18(24)11-16/h4-12H,1-3H3,(H,25,26)/b7-5+. The molecule has 0 saturated carbocycles. The van der Waals surface area contributed by atoms with E-state index in [1.165, 1.54) is 11.6 Å². The van der Waals surface area contributed by atoms with Crippen LogP contribution in [0.25, 0.3) is 17.4 Å². The molecule has 1 amide bonds. The average Bonchev–Trinajstić information content (AvgIpc) is 3.04. The van der Waals surface area contributed by atoms with E-state index in [1.807, 2.05) is 39.0 Å². The molecule has 1 heterocycles. The summed E-state index contributed by atoms with van der Waals surface area (Å²) in [6, 6.07) is 12.9. The molecule has 0 unspecified atom stereocenters. The molecular weight excluding hydrogens is 381 g/mol. The molecule has 1 N–H and O–H groups in total. The Morgan fingerprint density at radius 2 is 1.59 bits per heavy atom. The number of furan rings is 1. The van der Waals surface area contributed by atoms with E-state index in [0.717, 1.165) is 22.4 Å². The van der Waals surface area contributed by atoms with Gasteiger partial charge in [-0.25, -0.2) is 0 Å². The number of aryl methyl sites for hydroxylation is 3. The van der Waals surface area contributed by atoms with Crippen molar-refractivity contribution in [3.63, 3.8) is 0 Å². The fraction of sp³-hybridized carbons (Fsp3) is 0.136. The predicted molar refractivity (Wildman–Crippen MR) is 112 cm³/mol. The molecule has 138 valence electrons. The number of nitrogens with one attached hydrogen (secondary N) is 1. The molecule has 0 atom stereocenters. The molecule has 0 fully saturated rings. The van der Waals surface area contributed by atoms with E-state index >= 15 is 0 Å². The van der Waals surface area contributed by atoms with Crippen LogP contribution >= 0.6 is 23.2 Å². The minimum absolute atomic E-state index is 0.214. The predicted octanol–water partition coefficient (Wildman–Crippen LogP) is 6.83. The summed E-state index contributed by atoms with van der Waals surface area (Å²) in [6.07, 6.45) is 3.08. The van der Waals surface area contributed by atoms with Crippen molar-refractivity contribution in [3.8, 4) is 11.3 Å². The van der Waals surface area contributed by atoms with Crippen LogP contribution in [0.2, 0.25) is 10.0 Å². The van der Waals surface area contributed by atoms with Crippen molar-refractivity contribution in [1.29, 1.82) is 0 Å². The number of amides is 1. The Balaban J connectivity index is 1.73. The maximum absolute atomic E-state index is 12.3. The first kappa shape index (κ1) is 19.3. The van der Waals surface area contributed by atoms with Crippen LogP contribution < -0.4 is 5.32 Å². The molecule has 3 nitrogen and oxygen atoms in total. The molecule has 3 aromatic rings. The molecule has 1 aromatic heterocycles. The molecule has 2 aromatic carbocycles. The summed E-state index contributed by atoms with van der Waals surface area (Å²) in [6.45, 7) is 6.00. The van der Waals surface area contributed by atoms with Crippen LogP contribution in [0.1, 0.15) is 22.5 Å². The Labute approximate surface area is 168 Å². The second kappa shape index (κ2) is 8.03. The van der Waals surface area contributed by atoms with E-state index in [4.69, 9.17) is 27.6 Å². The van der Waals surface area contributed by atoms with Crippen molar-refractivity contribution in [1.82, 2.24) is 0 Å². The fourth-order valence-electron chi connectivity index (χ4n) is 2.99. The van der Waals surface area contributed by atoms with Crippen molar-refractivity contribution in [3.05, 3.63) is 81.0 Å². The summed E-state index contributed by atoms with van der Waals surface area (Å²) in [5.74, 6) is 0.979. The third-order valence-electron chi connectivity index (χ3n) is 4.10. The van der Waals surface area contributed by atoms with Gasteiger partial charge in [-0.2, -0.15) is 0 Å². The molecule has 0 aliphatic carbocycles. The van der Waals surface area contributed by atoms with E-state index in [9.17, 15) is 4.79 Å². The van der Waals surface area contributed by atoms with E-state index in [1.54, 1.807) is 30.3 Å². The lowest BCUT2D eigenvalue weighted by Crippen LogP contribution is -2.10. The van der Waals surface area contributed by atoms with E-state index in [-0.39, 0.29) is 5.91 Å². The van der Waals surface area contributed by atoms with Gasteiger partial charge in [0.2, 0.25) is 5.91 Å². The minimum atomic E-state index is -0.214. The summed E-state index contributed by atoms with van der Waals surface area (Å²) in [5.41, 5.74) is 4.86. The van der Waals surface area contributed by atoms with Crippen molar-refractivity contribution in [2.45, 2.75) is 20.8 Å². The Kier molecular flexibility index (Phi) is 5.73. The lowest BCUT2D eigenvalue weighted by atomic mass is 10.1. The zero-order chi connectivity index (χ0) is 19.6. The SMILES string of the molecule is Cc1cc(C)c(NC(=O)/C=C/c2ccc(-c3cc(Cl)cc(Cl)c3)o2)c(C)c1. The molecule has 0 saturated heterocycles. The maximum Gasteiger partial charge on any atom is 0.248 e. The number of carbonyl (C=O) groups is 1. The fourth-order valence-corrected chi connectivity index (χ4v) is 3.52. The summed E-state index contributed by atoms with van der Waals surface area (Å²) in [5, 5.41) is 4.00. The van der Waals surface area contributed by atoms with Crippen LogP contribution in [0.15, 0.2) is 53.0 Å². The first-order chi connectivity index (χ1) is 12.8. The minimum Gasteiger partial charge on any atom is -0.457 e. The molecule has 5 heteroatoms. The van der Waals surface area contributed by atoms with Crippen LogP contribution in [0.5, 0.6) is 0 Å². The van der Waals surface area contributed by atoms with Gasteiger partial charge in [-0.15, -0.1) is 0 Å². The Morgan fingerprint density at radius 3 is 2.22 bits per heavy atom. The van der Waals surface area contributed by atoms with Gasteiger partial charge >= 0.3 is 0 Å². The number of carbonyl (C=O) groups excluding carboxylic acids is 1. The quantitative estimate of drug-likeness (QED) is 0.488. The molecule has 0 radical (unpaired) electrons. The molecule has 3 rings (SSSR count). The lowest BCUT2D eigenvalue weighted by molar-refractivity contribution is -0.111. The van der Waals surface area contributed by atoms with Gasteiger partial charge in [0, 0.05) is 27.4 Å². The third-order valence-corrected chi connectivity index (χ3v) is 4.53. The Morgan fingerprint density at radius 1 is 0.963 bits per heavy atom. The van der Waals surface area contributed by atoms with Gasteiger partial charge in [0.1, 0.15) is 11.5 Å². The highest BCUT2D eigenvalue weighted by atomic mass is 35.5. The summed E-state index contributed by atoms with van der Waals surface area (Å²) < 4.78 is 5.76. The number of hydrogen-bond donors (Lipinski definition) is 1. The van der Waals surface area contributed by atoms with Gasteiger partial charge in [-0.05, 0) is 68.3 Å². The number of hydrogen-bond acceptors (Lipinski definition) is 2. The summed E-state index contributed by atoms with van der Waals surface area (Å²) in [4.78, 5) is 12.3. The van der Waals surface area contributed by atoms with Gasteiger partial charge < -0.3 is 9.73 Å². The number of benzene rings is 2. The topological polar surface area (TPSA) is 42.2 Å². The number of halogens is 2. The van der Waals surface area contributed by atoms with Crippen molar-refractivity contribution >= 4 is 40.9 Å². The molecule has 0 bridgehead atoms. The van der Waals surface area contributed by atoms with Crippen molar-refractivity contribution < 1.29 is 9.21 Å². The van der Waals surface area contributed by atoms with E-state index in [2.05, 4.69) is 5.32 Å². The van der Waals surface area contributed by atoms with Crippen LogP contribution in [-0.4, -0.2) is 5.91 Å². The van der Waals surface area contributed by atoms with Gasteiger partial charge in [0.25, 0.3) is 0 Å². The summed E-state index contributed by atoms with van der Waals surface area (Å²) >= 11 is 12.1. The molecule has 0 aliphatic rings. The van der Waals surface area contributed by atoms with Gasteiger partial charge in [0.05, 0.1) is 0 Å². The van der Waals surface area contributed by atoms with Crippen molar-refractivity contribution in [2.24, 2.45) is 0 Å². The van der Waals surface area contributed by atoms with Gasteiger partial charge in [0.15, 0.2) is 0 Å². The number of rotatable bonds is 4. The van der Waals surface area contributed by atoms with Crippen LogP contribution in [0.4, 0.5) is 5.69 Å². The normalized spacial score (nSPS) is 11.1. The van der Waals surface area contributed by atoms with Gasteiger partial charge in [-0.1, -0.05) is 40.9 Å². The highest BCUT2D eigenvalue weighted by Crippen LogP contribution is 2.29.